The van der Waals surface area contributed by atoms with Gasteiger partial charge >= 0.3 is 0 Å². The van der Waals surface area contributed by atoms with Gasteiger partial charge in [-0.15, -0.1) is 0 Å². The van der Waals surface area contributed by atoms with E-state index in [1.54, 1.807) is 13.2 Å². The van der Waals surface area contributed by atoms with Crippen molar-refractivity contribution in [1.82, 2.24) is 0 Å². The predicted octanol–water partition coefficient (Wildman–Crippen LogP) is 5.00. The molecular formula is C16H28O2S. The lowest BCUT2D eigenvalue weighted by molar-refractivity contribution is 0.0128. The molecule has 0 radical (unpaired) electrons. The molecule has 1 unspecified atom stereocenters. The standard InChI is InChI=1S/C16H28O2S/c1-13(10-7-11-16(3,4)18-5)8-6-9-14(2)12-15(17)19/h6,9,12-13H,7-8,10-11H2,1-5H3,(H,17,19). The largest absolute Gasteiger partial charge is 0.499 e. The molecule has 0 aliphatic rings. The highest BCUT2D eigenvalue weighted by Crippen LogP contribution is 2.20. The van der Waals surface area contributed by atoms with E-state index < -0.39 is 0 Å². The van der Waals surface area contributed by atoms with Crippen molar-refractivity contribution in [3.8, 4) is 0 Å². The highest BCUT2D eigenvalue weighted by Gasteiger charge is 2.15. The molecule has 110 valence electrons. The van der Waals surface area contributed by atoms with Crippen LogP contribution in [0.25, 0.3) is 0 Å². The summed E-state index contributed by atoms with van der Waals surface area (Å²) in [6.45, 7) is 8.46. The maximum atomic E-state index is 8.96. The molecule has 0 aromatic carbocycles. The molecule has 0 bridgehead atoms. The Kier molecular flexibility index (Phi) is 8.94. The number of allylic oxidation sites excluding steroid dienone is 3. The Hall–Kier alpha value is -0.670. The van der Waals surface area contributed by atoms with E-state index in [9.17, 15) is 0 Å². The van der Waals surface area contributed by atoms with E-state index in [-0.39, 0.29) is 10.7 Å². The Bertz CT molecular complexity index is 330. The molecule has 0 aromatic heterocycles. The summed E-state index contributed by atoms with van der Waals surface area (Å²) in [5, 5.41) is 8.90. The third-order valence-corrected chi connectivity index (χ3v) is 3.42. The van der Waals surface area contributed by atoms with Gasteiger partial charge in [-0.25, -0.2) is 0 Å². The Morgan fingerprint density at radius 1 is 1.42 bits per heavy atom. The molecule has 0 aliphatic heterocycles. The molecule has 0 amide bonds. The first kappa shape index (κ1) is 18.3. The van der Waals surface area contributed by atoms with Gasteiger partial charge in [-0.3, -0.25) is 0 Å². The van der Waals surface area contributed by atoms with Crippen LogP contribution in [0.3, 0.4) is 0 Å². The van der Waals surface area contributed by atoms with Gasteiger partial charge in [0, 0.05) is 7.11 Å². The van der Waals surface area contributed by atoms with Crippen molar-refractivity contribution in [2.45, 2.75) is 59.0 Å². The molecule has 0 saturated carbocycles. The van der Waals surface area contributed by atoms with Crippen LogP contribution in [0, 0.1) is 5.92 Å². The second-order valence-electron chi connectivity index (χ2n) is 5.83. The summed E-state index contributed by atoms with van der Waals surface area (Å²) in [4.78, 5) is 0. The van der Waals surface area contributed by atoms with E-state index in [0.717, 1.165) is 18.4 Å². The second kappa shape index (κ2) is 9.27. The Labute approximate surface area is 123 Å². The molecule has 0 rings (SSSR count). The van der Waals surface area contributed by atoms with Crippen LogP contribution >= 0.6 is 12.2 Å². The average Bonchev–Trinajstić information content (AvgIpc) is 2.27. The summed E-state index contributed by atoms with van der Waals surface area (Å²) in [6.07, 6.45) is 10.3. The molecule has 0 aliphatic carbocycles. The van der Waals surface area contributed by atoms with Crippen LogP contribution in [-0.2, 0) is 4.74 Å². The number of rotatable bonds is 9. The molecule has 1 N–H and O–H groups in total. The quantitative estimate of drug-likeness (QED) is 0.367. The summed E-state index contributed by atoms with van der Waals surface area (Å²) in [5.74, 6) is 0.665. The maximum absolute atomic E-state index is 8.96. The van der Waals surface area contributed by atoms with Gasteiger partial charge in [0.1, 0.15) is 0 Å². The maximum Gasteiger partial charge on any atom is 0.181 e. The van der Waals surface area contributed by atoms with Crippen molar-refractivity contribution in [2.75, 3.05) is 7.11 Å². The molecule has 3 heteroatoms. The number of aliphatic hydroxyl groups excluding tert-OH is 1. The molecule has 0 fully saturated rings. The topological polar surface area (TPSA) is 29.5 Å². The van der Waals surface area contributed by atoms with Crippen molar-refractivity contribution in [1.29, 1.82) is 0 Å². The minimum atomic E-state index is -0.0583. The van der Waals surface area contributed by atoms with Gasteiger partial charge in [-0.2, -0.15) is 0 Å². The van der Waals surface area contributed by atoms with Gasteiger partial charge in [0.25, 0.3) is 0 Å². The molecule has 0 spiro atoms. The van der Waals surface area contributed by atoms with Crippen LogP contribution in [0.5, 0.6) is 0 Å². The van der Waals surface area contributed by atoms with Crippen molar-refractivity contribution < 1.29 is 9.84 Å². The lowest BCUT2D eigenvalue weighted by atomic mass is 9.95. The molecule has 0 saturated heterocycles. The van der Waals surface area contributed by atoms with Gasteiger partial charge in [0.2, 0.25) is 0 Å². The van der Waals surface area contributed by atoms with E-state index in [1.165, 1.54) is 12.8 Å². The van der Waals surface area contributed by atoms with E-state index in [4.69, 9.17) is 9.84 Å². The molecule has 19 heavy (non-hydrogen) atoms. The van der Waals surface area contributed by atoms with Crippen LogP contribution in [0.1, 0.15) is 53.4 Å². The van der Waals surface area contributed by atoms with Gasteiger partial charge in [-0.05, 0) is 63.4 Å². The van der Waals surface area contributed by atoms with Crippen molar-refractivity contribution in [3.05, 3.63) is 23.8 Å². The van der Waals surface area contributed by atoms with Crippen LogP contribution in [0.15, 0.2) is 23.8 Å². The summed E-state index contributed by atoms with van der Waals surface area (Å²) in [5.41, 5.74) is 0.978. The molecule has 1 atom stereocenters. The number of ether oxygens (including phenoxy) is 1. The fourth-order valence-electron chi connectivity index (χ4n) is 1.83. The van der Waals surface area contributed by atoms with Crippen LogP contribution < -0.4 is 0 Å². The monoisotopic (exact) mass is 284 g/mol. The van der Waals surface area contributed by atoms with Crippen molar-refractivity contribution in [3.63, 3.8) is 0 Å². The van der Waals surface area contributed by atoms with Gasteiger partial charge in [0.15, 0.2) is 5.05 Å². The zero-order chi connectivity index (χ0) is 14.9. The van der Waals surface area contributed by atoms with Crippen LogP contribution in [0.2, 0.25) is 0 Å². The minimum Gasteiger partial charge on any atom is -0.499 e. The lowest BCUT2D eigenvalue weighted by Gasteiger charge is -2.23. The van der Waals surface area contributed by atoms with E-state index in [2.05, 4.69) is 39.1 Å². The van der Waals surface area contributed by atoms with Crippen molar-refractivity contribution >= 4 is 17.3 Å². The summed E-state index contributed by atoms with van der Waals surface area (Å²) in [7, 11) is 1.77. The fraction of sp³-hybridized carbons (Fsp3) is 0.688. The second-order valence-corrected chi connectivity index (χ2v) is 6.24. The lowest BCUT2D eigenvalue weighted by Crippen LogP contribution is -2.22. The first-order valence-electron chi connectivity index (χ1n) is 6.90. The van der Waals surface area contributed by atoms with Crippen LogP contribution in [-0.4, -0.2) is 22.9 Å². The van der Waals surface area contributed by atoms with E-state index in [0.29, 0.717) is 5.92 Å². The molecule has 2 nitrogen and oxygen atoms in total. The van der Waals surface area contributed by atoms with E-state index >= 15 is 0 Å². The van der Waals surface area contributed by atoms with Crippen LogP contribution in [0.4, 0.5) is 0 Å². The predicted molar refractivity (Wildman–Crippen MR) is 86.8 cm³/mol. The Morgan fingerprint density at radius 2 is 2.05 bits per heavy atom. The first-order chi connectivity index (χ1) is 8.76. The third-order valence-electron chi connectivity index (χ3n) is 3.30. The fourth-order valence-corrected chi connectivity index (χ4v) is 2.01. The normalized spacial score (nSPS) is 14.9. The third kappa shape index (κ3) is 10.9. The highest BCUT2D eigenvalue weighted by molar-refractivity contribution is 7.80. The number of hydrogen-bond donors (Lipinski definition) is 1. The molecule has 0 aromatic rings. The van der Waals surface area contributed by atoms with Gasteiger partial charge in [0.05, 0.1) is 5.60 Å². The summed E-state index contributed by atoms with van der Waals surface area (Å²) >= 11 is 4.61. The molecule has 0 heterocycles. The zero-order valence-electron chi connectivity index (χ0n) is 12.9. The average molecular weight is 284 g/mol. The van der Waals surface area contributed by atoms with Crippen molar-refractivity contribution in [2.24, 2.45) is 5.92 Å². The summed E-state index contributed by atoms with van der Waals surface area (Å²) < 4.78 is 5.41. The number of methoxy groups -OCH3 is 1. The zero-order valence-corrected chi connectivity index (χ0v) is 13.7. The van der Waals surface area contributed by atoms with Gasteiger partial charge < -0.3 is 9.84 Å². The van der Waals surface area contributed by atoms with E-state index in [1.807, 2.05) is 13.0 Å². The number of hydrogen-bond acceptors (Lipinski definition) is 2. The highest BCUT2D eigenvalue weighted by atomic mass is 32.1. The minimum absolute atomic E-state index is 0.00823. The molecular weight excluding hydrogens is 256 g/mol. The summed E-state index contributed by atoms with van der Waals surface area (Å²) in [6, 6.07) is 0. The Morgan fingerprint density at radius 3 is 2.58 bits per heavy atom. The number of aliphatic hydroxyl groups is 1. The first-order valence-corrected chi connectivity index (χ1v) is 7.30. The Balaban J connectivity index is 3.91. The SMILES string of the molecule is COC(C)(C)CCCC(C)CC=CC(C)=CC(O)=S. The van der Waals surface area contributed by atoms with Gasteiger partial charge in [-0.1, -0.05) is 31.9 Å². The number of thiocarbonyl (C=S) groups is 1. The smallest absolute Gasteiger partial charge is 0.181 e.